The summed E-state index contributed by atoms with van der Waals surface area (Å²) in [4.78, 5) is 19.0. The van der Waals surface area contributed by atoms with Gasteiger partial charge in [-0.05, 0) is 69.9 Å². The van der Waals surface area contributed by atoms with Crippen molar-refractivity contribution in [3.05, 3.63) is 29.6 Å². The molecule has 1 aliphatic rings. The number of hydrogen-bond donors (Lipinski definition) is 1. The molecule has 1 heterocycles. The summed E-state index contributed by atoms with van der Waals surface area (Å²) in [7, 11) is 0. The van der Waals surface area contributed by atoms with Crippen molar-refractivity contribution >= 4 is 17.0 Å². The second kappa shape index (κ2) is 11.5. The van der Waals surface area contributed by atoms with Crippen molar-refractivity contribution in [2.24, 2.45) is 0 Å². The van der Waals surface area contributed by atoms with E-state index in [0.29, 0.717) is 11.5 Å². The first kappa shape index (κ1) is 22.8. The molecular formula is C25H39N3O2. The molecule has 1 aromatic heterocycles. The van der Waals surface area contributed by atoms with Gasteiger partial charge in [0.2, 0.25) is 0 Å². The summed E-state index contributed by atoms with van der Waals surface area (Å²) < 4.78 is 2.40. The normalized spacial score (nSPS) is 15.3. The van der Waals surface area contributed by atoms with E-state index in [4.69, 9.17) is 4.98 Å². The molecule has 166 valence electrons. The van der Waals surface area contributed by atoms with E-state index >= 15 is 0 Å². The smallest absolute Gasteiger partial charge is 0.335 e. The van der Waals surface area contributed by atoms with Gasteiger partial charge < -0.3 is 14.6 Å². The quantitative estimate of drug-likeness (QED) is 0.458. The highest BCUT2D eigenvalue weighted by Crippen LogP contribution is 2.34. The third kappa shape index (κ3) is 5.84. The van der Waals surface area contributed by atoms with Gasteiger partial charge in [-0.1, -0.05) is 46.0 Å². The Bertz CT molecular complexity index is 800. The van der Waals surface area contributed by atoms with Gasteiger partial charge in [-0.3, -0.25) is 0 Å². The van der Waals surface area contributed by atoms with Gasteiger partial charge >= 0.3 is 5.97 Å². The first-order valence-electron chi connectivity index (χ1n) is 12.1. The summed E-state index contributed by atoms with van der Waals surface area (Å²) in [5.41, 5.74) is 2.26. The molecule has 3 rings (SSSR count). The Hall–Kier alpha value is -1.88. The molecule has 5 heteroatoms. The molecule has 5 nitrogen and oxygen atoms in total. The summed E-state index contributed by atoms with van der Waals surface area (Å²) in [6, 6.07) is 5.43. The van der Waals surface area contributed by atoms with E-state index in [1.807, 2.05) is 6.07 Å². The number of aromatic nitrogens is 2. The Morgan fingerprint density at radius 1 is 1.07 bits per heavy atom. The lowest BCUT2D eigenvalue weighted by molar-refractivity contribution is 0.0697. The number of aryl methyl sites for hydroxylation is 1. The lowest BCUT2D eigenvalue weighted by atomic mass is 9.88. The molecule has 0 saturated heterocycles. The zero-order valence-corrected chi connectivity index (χ0v) is 18.9. The van der Waals surface area contributed by atoms with Crippen LogP contribution in [0.4, 0.5) is 0 Å². The standard InChI is InChI=1S/C25H39N3O2/c1-3-5-15-27(16-6-4-2)17-10-18-28-23-14-13-21(25(29)30)19-22(23)26-24(28)20-11-8-7-9-12-20/h13-14,19-20H,3-12,15-18H2,1-2H3,(H,29,30). The van der Waals surface area contributed by atoms with Crippen LogP contribution in [0.3, 0.4) is 0 Å². The van der Waals surface area contributed by atoms with Crippen molar-refractivity contribution < 1.29 is 9.90 Å². The minimum atomic E-state index is -0.881. The average molecular weight is 414 g/mol. The number of fused-ring (bicyclic) bond motifs is 1. The highest BCUT2D eigenvalue weighted by atomic mass is 16.4. The third-order valence-corrected chi connectivity index (χ3v) is 6.51. The largest absolute Gasteiger partial charge is 0.478 e. The van der Waals surface area contributed by atoms with E-state index in [0.717, 1.165) is 30.5 Å². The lowest BCUT2D eigenvalue weighted by Gasteiger charge is -2.24. The fourth-order valence-corrected chi connectivity index (χ4v) is 4.74. The summed E-state index contributed by atoms with van der Waals surface area (Å²) in [5.74, 6) is 0.810. The number of aromatic carboxylic acids is 1. The number of carboxylic acids is 1. The van der Waals surface area contributed by atoms with Gasteiger partial charge in [0.05, 0.1) is 16.6 Å². The number of benzene rings is 1. The maximum atomic E-state index is 11.4. The number of carboxylic acid groups (broad SMARTS) is 1. The second-order valence-electron chi connectivity index (χ2n) is 8.87. The van der Waals surface area contributed by atoms with E-state index in [-0.39, 0.29) is 0 Å². The van der Waals surface area contributed by atoms with E-state index in [9.17, 15) is 9.90 Å². The van der Waals surface area contributed by atoms with Crippen molar-refractivity contribution in [2.45, 2.75) is 90.5 Å². The second-order valence-corrected chi connectivity index (χ2v) is 8.87. The first-order valence-corrected chi connectivity index (χ1v) is 12.1. The van der Waals surface area contributed by atoms with E-state index in [1.54, 1.807) is 12.1 Å². The van der Waals surface area contributed by atoms with Crippen LogP contribution in [0.25, 0.3) is 11.0 Å². The number of unbranched alkanes of at least 4 members (excludes halogenated alkanes) is 2. The van der Waals surface area contributed by atoms with Gasteiger partial charge in [0.1, 0.15) is 5.82 Å². The number of nitrogens with zero attached hydrogens (tertiary/aromatic N) is 3. The zero-order valence-electron chi connectivity index (χ0n) is 18.9. The van der Waals surface area contributed by atoms with Crippen LogP contribution >= 0.6 is 0 Å². The van der Waals surface area contributed by atoms with Crippen LogP contribution in [-0.4, -0.2) is 45.2 Å². The van der Waals surface area contributed by atoms with Crippen LogP contribution in [0.2, 0.25) is 0 Å². The highest BCUT2D eigenvalue weighted by molar-refractivity contribution is 5.92. The van der Waals surface area contributed by atoms with Crippen molar-refractivity contribution in [3.63, 3.8) is 0 Å². The molecule has 1 aromatic carbocycles. The Labute approximate surface area is 181 Å². The van der Waals surface area contributed by atoms with E-state index in [1.165, 1.54) is 76.7 Å². The third-order valence-electron chi connectivity index (χ3n) is 6.51. The molecule has 0 bridgehead atoms. The van der Waals surface area contributed by atoms with Crippen molar-refractivity contribution in [2.75, 3.05) is 19.6 Å². The molecule has 0 atom stereocenters. The zero-order chi connectivity index (χ0) is 21.3. The Balaban J connectivity index is 1.78. The Kier molecular flexibility index (Phi) is 8.74. The van der Waals surface area contributed by atoms with Gasteiger partial charge in [-0.15, -0.1) is 0 Å². The molecular weight excluding hydrogens is 374 g/mol. The number of hydrogen-bond acceptors (Lipinski definition) is 3. The van der Waals surface area contributed by atoms with Gasteiger partial charge in [-0.25, -0.2) is 9.78 Å². The van der Waals surface area contributed by atoms with Crippen LogP contribution in [-0.2, 0) is 6.54 Å². The molecule has 0 spiro atoms. The van der Waals surface area contributed by atoms with Crippen LogP contribution in [0.15, 0.2) is 18.2 Å². The van der Waals surface area contributed by atoms with Crippen molar-refractivity contribution in [3.8, 4) is 0 Å². The maximum Gasteiger partial charge on any atom is 0.335 e. The first-order chi connectivity index (χ1) is 14.6. The summed E-state index contributed by atoms with van der Waals surface area (Å²) in [5, 5.41) is 9.37. The number of carbonyl (C=O) groups is 1. The topological polar surface area (TPSA) is 58.4 Å². The average Bonchev–Trinajstić information content (AvgIpc) is 3.13. The van der Waals surface area contributed by atoms with Gasteiger partial charge in [-0.2, -0.15) is 0 Å². The predicted molar refractivity (Wildman–Crippen MR) is 123 cm³/mol. The number of imidazole rings is 1. The molecule has 1 saturated carbocycles. The van der Waals surface area contributed by atoms with Gasteiger partial charge in [0.25, 0.3) is 0 Å². The molecule has 0 amide bonds. The molecule has 1 N–H and O–H groups in total. The highest BCUT2D eigenvalue weighted by Gasteiger charge is 2.23. The van der Waals surface area contributed by atoms with E-state index < -0.39 is 5.97 Å². The van der Waals surface area contributed by atoms with E-state index in [2.05, 4.69) is 23.3 Å². The van der Waals surface area contributed by atoms with Crippen molar-refractivity contribution in [1.29, 1.82) is 0 Å². The number of rotatable bonds is 12. The van der Waals surface area contributed by atoms with Gasteiger partial charge in [0, 0.05) is 12.5 Å². The predicted octanol–water partition coefficient (Wildman–Crippen LogP) is 6.07. The molecule has 1 aliphatic carbocycles. The van der Waals surface area contributed by atoms with Crippen LogP contribution in [0.1, 0.15) is 100 Å². The summed E-state index contributed by atoms with van der Waals surface area (Å²) in [6.07, 6.45) is 12.4. The minimum Gasteiger partial charge on any atom is -0.478 e. The fourth-order valence-electron chi connectivity index (χ4n) is 4.74. The minimum absolute atomic E-state index is 0.327. The molecule has 0 radical (unpaired) electrons. The summed E-state index contributed by atoms with van der Waals surface area (Å²) in [6.45, 7) is 8.99. The molecule has 1 fully saturated rings. The maximum absolute atomic E-state index is 11.4. The van der Waals surface area contributed by atoms with Crippen LogP contribution < -0.4 is 0 Å². The van der Waals surface area contributed by atoms with Crippen LogP contribution in [0, 0.1) is 0 Å². The van der Waals surface area contributed by atoms with Gasteiger partial charge in [0.15, 0.2) is 0 Å². The summed E-state index contributed by atoms with van der Waals surface area (Å²) >= 11 is 0. The van der Waals surface area contributed by atoms with Crippen molar-refractivity contribution in [1.82, 2.24) is 14.5 Å². The molecule has 0 aliphatic heterocycles. The SMILES string of the molecule is CCCCN(CCCC)CCCn1c(C2CCCCC2)nc2cc(C(=O)O)ccc21. The Morgan fingerprint density at radius 2 is 1.73 bits per heavy atom. The molecule has 30 heavy (non-hydrogen) atoms. The Morgan fingerprint density at radius 3 is 2.37 bits per heavy atom. The van der Waals surface area contributed by atoms with Crippen LogP contribution in [0.5, 0.6) is 0 Å². The molecule has 2 aromatic rings. The lowest BCUT2D eigenvalue weighted by Crippen LogP contribution is -2.28. The molecule has 0 unspecified atom stereocenters. The fraction of sp³-hybridized carbons (Fsp3) is 0.680. The monoisotopic (exact) mass is 413 g/mol.